The molecule has 0 saturated heterocycles. The Morgan fingerprint density at radius 2 is 1.76 bits per heavy atom. The van der Waals surface area contributed by atoms with Crippen molar-refractivity contribution in [2.24, 2.45) is 5.41 Å². The van der Waals surface area contributed by atoms with Gasteiger partial charge in [-0.1, -0.05) is 77.1 Å². The largest absolute Gasteiger partial charge is 0.309 e. The molecule has 118 valence electrons. The standard InChI is InChI=1S/C20H33N/c1-4-5-6-7-8-11-16-21-19-18-13-10-9-12-17(18)14-15-20(19,2)3/h9-10,12-13,19,21H,4-8,11,14-16H2,1-3H3. The van der Waals surface area contributed by atoms with Gasteiger partial charge in [0.15, 0.2) is 0 Å². The fraction of sp³-hybridized carbons (Fsp3) is 0.700. The monoisotopic (exact) mass is 287 g/mol. The van der Waals surface area contributed by atoms with Crippen LogP contribution in [-0.2, 0) is 6.42 Å². The van der Waals surface area contributed by atoms with Gasteiger partial charge in [-0.3, -0.25) is 0 Å². The molecule has 0 fully saturated rings. The lowest BCUT2D eigenvalue weighted by Gasteiger charge is -2.40. The molecule has 1 unspecified atom stereocenters. The third-order valence-corrected chi connectivity index (χ3v) is 5.07. The number of aryl methyl sites for hydroxylation is 1. The van der Waals surface area contributed by atoms with E-state index < -0.39 is 0 Å². The van der Waals surface area contributed by atoms with Crippen molar-refractivity contribution in [3.8, 4) is 0 Å². The zero-order valence-electron chi connectivity index (χ0n) is 14.3. The molecule has 0 amide bonds. The predicted molar refractivity (Wildman–Crippen MR) is 92.7 cm³/mol. The summed E-state index contributed by atoms with van der Waals surface area (Å²) in [5.41, 5.74) is 3.47. The van der Waals surface area contributed by atoms with Gasteiger partial charge >= 0.3 is 0 Å². The zero-order valence-corrected chi connectivity index (χ0v) is 14.3. The van der Waals surface area contributed by atoms with E-state index in [1.165, 1.54) is 51.4 Å². The van der Waals surface area contributed by atoms with Gasteiger partial charge in [-0.15, -0.1) is 0 Å². The highest BCUT2D eigenvalue weighted by Crippen LogP contribution is 2.43. The van der Waals surface area contributed by atoms with E-state index in [2.05, 4.69) is 50.4 Å². The Hall–Kier alpha value is -0.820. The highest BCUT2D eigenvalue weighted by molar-refractivity contribution is 5.34. The first kappa shape index (κ1) is 16.5. The molecule has 0 saturated carbocycles. The number of hydrogen-bond acceptors (Lipinski definition) is 1. The second-order valence-corrected chi connectivity index (χ2v) is 7.34. The summed E-state index contributed by atoms with van der Waals surface area (Å²) in [5.74, 6) is 0. The molecule has 0 aliphatic heterocycles. The average molecular weight is 287 g/mol. The summed E-state index contributed by atoms with van der Waals surface area (Å²) >= 11 is 0. The minimum Gasteiger partial charge on any atom is -0.309 e. The first-order valence-corrected chi connectivity index (χ1v) is 8.96. The van der Waals surface area contributed by atoms with Crippen molar-refractivity contribution in [3.63, 3.8) is 0 Å². The Bertz CT molecular complexity index is 422. The van der Waals surface area contributed by atoms with Crippen LogP contribution in [0.2, 0.25) is 0 Å². The van der Waals surface area contributed by atoms with Gasteiger partial charge in [0.05, 0.1) is 0 Å². The summed E-state index contributed by atoms with van der Waals surface area (Å²) < 4.78 is 0. The smallest absolute Gasteiger partial charge is 0.0374 e. The van der Waals surface area contributed by atoms with Gasteiger partial charge in [0.1, 0.15) is 0 Å². The quantitative estimate of drug-likeness (QED) is 0.609. The van der Waals surface area contributed by atoms with Crippen LogP contribution in [0.25, 0.3) is 0 Å². The van der Waals surface area contributed by atoms with E-state index in [-0.39, 0.29) is 0 Å². The maximum Gasteiger partial charge on any atom is 0.0374 e. The Morgan fingerprint density at radius 3 is 2.57 bits per heavy atom. The van der Waals surface area contributed by atoms with Crippen molar-refractivity contribution in [1.29, 1.82) is 0 Å². The van der Waals surface area contributed by atoms with Gasteiger partial charge in [-0.25, -0.2) is 0 Å². The molecule has 1 aliphatic rings. The second-order valence-electron chi connectivity index (χ2n) is 7.34. The van der Waals surface area contributed by atoms with Crippen molar-refractivity contribution in [1.82, 2.24) is 5.32 Å². The Labute approximate surface area is 131 Å². The van der Waals surface area contributed by atoms with Crippen molar-refractivity contribution in [2.75, 3.05) is 6.54 Å². The van der Waals surface area contributed by atoms with Gasteiger partial charge in [0.25, 0.3) is 0 Å². The molecule has 1 atom stereocenters. The first-order valence-electron chi connectivity index (χ1n) is 8.96. The van der Waals surface area contributed by atoms with Crippen LogP contribution < -0.4 is 5.32 Å². The molecular weight excluding hydrogens is 254 g/mol. The molecule has 0 aromatic heterocycles. The van der Waals surface area contributed by atoms with Gasteiger partial charge in [0, 0.05) is 6.04 Å². The van der Waals surface area contributed by atoms with Crippen molar-refractivity contribution in [2.45, 2.75) is 78.2 Å². The number of benzene rings is 1. The Kier molecular flexibility index (Phi) is 6.29. The minimum atomic E-state index is 0.372. The van der Waals surface area contributed by atoms with E-state index in [1.54, 1.807) is 11.1 Å². The minimum absolute atomic E-state index is 0.372. The van der Waals surface area contributed by atoms with Crippen LogP contribution in [0, 0.1) is 5.41 Å². The summed E-state index contributed by atoms with van der Waals surface area (Å²) in [5, 5.41) is 3.86. The van der Waals surface area contributed by atoms with Crippen LogP contribution in [0.3, 0.4) is 0 Å². The lowest BCUT2D eigenvalue weighted by molar-refractivity contribution is 0.208. The van der Waals surface area contributed by atoms with E-state index >= 15 is 0 Å². The molecule has 0 heterocycles. The molecule has 0 spiro atoms. The van der Waals surface area contributed by atoms with E-state index in [9.17, 15) is 0 Å². The molecule has 1 aliphatic carbocycles. The number of unbranched alkanes of at least 4 members (excludes halogenated alkanes) is 5. The van der Waals surface area contributed by atoms with Gasteiger partial charge in [0.2, 0.25) is 0 Å². The third-order valence-electron chi connectivity index (χ3n) is 5.07. The maximum absolute atomic E-state index is 3.86. The topological polar surface area (TPSA) is 12.0 Å². The number of fused-ring (bicyclic) bond motifs is 1. The molecule has 2 rings (SSSR count). The summed E-state index contributed by atoms with van der Waals surface area (Å²) in [6.07, 6.45) is 10.8. The van der Waals surface area contributed by atoms with Crippen LogP contribution in [0.1, 0.15) is 82.9 Å². The van der Waals surface area contributed by atoms with Gasteiger partial charge in [-0.2, -0.15) is 0 Å². The fourth-order valence-electron chi connectivity index (χ4n) is 3.60. The van der Waals surface area contributed by atoms with Gasteiger partial charge < -0.3 is 5.32 Å². The Balaban J connectivity index is 1.83. The Morgan fingerprint density at radius 1 is 1.05 bits per heavy atom. The second kappa shape index (κ2) is 7.98. The van der Waals surface area contributed by atoms with Crippen LogP contribution in [-0.4, -0.2) is 6.54 Å². The van der Waals surface area contributed by atoms with E-state index in [4.69, 9.17) is 0 Å². The van der Waals surface area contributed by atoms with E-state index in [0.717, 1.165) is 6.54 Å². The van der Waals surface area contributed by atoms with Crippen LogP contribution in [0.15, 0.2) is 24.3 Å². The van der Waals surface area contributed by atoms with Gasteiger partial charge in [-0.05, 0) is 42.3 Å². The predicted octanol–water partition coefficient (Wildman–Crippen LogP) is 5.65. The summed E-state index contributed by atoms with van der Waals surface area (Å²) in [6, 6.07) is 9.54. The van der Waals surface area contributed by atoms with Crippen LogP contribution >= 0.6 is 0 Å². The third kappa shape index (κ3) is 4.57. The molecule has 1 aromatic rings. The summed E-state index contributed by atoms with van der Waals surface area (Å²) in [7, 11) is 0. The zero-order chi connectivity index (χ0) is 15.1. The molecule has 1 N–H and O–H groups in total. The highest BCUT2D eigenvalue weighted by atomic mass is 14.9. The van der Waals surface area contributed by atoms with Crippen molar-refractivity contribution in [3.05, 3.63) is 35.4 Å². The number of hydrogen-bond donors (Lipinski definition) is 1. The first-order chi connectivity index (χ1) is 10.1. The molecule has 0 radical (unpaired) electrons. The average Bonchev–Trinajstić information content (AvgIpc) is 2.48. The molecular formula is C20H33N. The van der Waals surface area contributed by atoms with Crippen LogP contribution in [0.4, 0.5) is 0 Å². The van der Waals surface area contributed by atoms with E-state index in [1.807, 2.05) is 0 Å². The van der Waals surface area contributed by atoms with Crippen LogP contribution in [0.5, 0.6) is 0 Å². The summed E-state index contributed by atoms with van der Waals surface area (Å²) in [6.45, 7) is 8.28. The number of rotatable bonds is 8. The normalized spacial score (nSPS) is 20.2. The molecule has 21 heavy (non-hydrogen) atoms. The molecule has 1 heteroatoms. The SMILES string of the molecule is CCCCCCCCNC1c2ccccc2CCC1(C)C. The van der Waals surface area contributed by atoms with Crippen molar-refractivity contribution < 1.29 is 0 Å². The lowest BCUT2D eigenvalue weighted by atomic mass is 9.70. The maximum atomic E-state index is 3.86. The van der Waals surface area contributed by atoms with E-state index in [0.29, 0.717) is 11.5 Å². The lowest BCUT2D eigenvalue weighted by Crippen LogP contribution is -2.38. The fourth-order valence-corrected chi connectivity index (χ4v) is 3.60. The highest BCUT2D eigenvalue weighted by Gasteiger charge is 2.34. The molecule has 0 bridgehead atoms. The number of nitrogens with one attached hydrogen (secondary N) is 1. The van der Waals surface area contributed by atoms with Crippen molar-refractivity contribution >= 4 is 0 Å². The summed E-state index contributed by atoms with van der Waals surface area (Å²) in [4.78, 5) is 0. The molecule has 1 aromatic carbocycles. The molecule has 1 nitrogen and oxygen atoms in total.